The van der Waals surface area contributed by atoms with Gasteiger partial charge < -0.3 is 33.8 Å². The lowest BCUT2D eigenvalue weighted by Crippen LogP contribution is -2.30. The minimum absolute atomic E-state index is 0.0711. The first-order valence-electron chi connectivity index (χ1n) is 40.8. The van der Waals surface area contributed by atoms with Gasteiger partial charge in [0.2, 0.25) is 0 Å². The molecule has 0 radical (unpaired) electrons. The van der Waals surface area contributed by atoms with Crippen molar-refractivity contribution in [3.8, 4) is 0 Å². The zero-order valence-electron chi connectivity index (χ0n) is 65.4. The molecule has 19 heteroatoms. The maximum atomic E-state index is 13.1. The van der Waals surface area contributed by atoms with Crippen LogP contribution in [0.5, 0.6) is 0 Å². The summed E-state index contributed by atoms with van der Waals surface area (Å²) in [6.07, 6.45) is 84.6. The predicted octanol–water partition coefficient (Wildman–Crippen LogP) is 23.9. The van der Waals surface area contributed by atoms with Crippen LogP contribution in [-0.2, 0) is 65.4 Å². The maximum Gasteiger partial charge on any atom is 0.472 e. The fourth-order valence-corrected chi connectivity index (χ4v) is 12.2. The van der Waals surface area contributed by atoms with Crippen LogP contribution in [0.3, 0.4) is 0 Å². The summed E-state index contributed by atoms with van der Waals surface area (Å²) in [5, 5.41) is 10.6. The minimum atomic E-state index is -4.99. The zero-order valence-corrected chi connectivity index (χ0v) is 67.2. The van der Waals surface area contributed by atoms with E-state index in [4.69, 9.17) is 37.0 Å². The molecule has 598 valence electrons. The van der Waals surface area contributed by atoms with E-state index in [2.05, 4.69) is 137 Å². The lowest BCUT2D eigenvalue weighted by molar-refractivity contribution is -0.161. The SMILES string of the molecule is CC/C=C\C/C=C\C/C=C\C/C=C\C/C=C\CCCC(=O)OCC(COP(=O)(O)OCC(O)COP(=O)(O)OCC(COC(=O)CCCCCCCC/C=C\C/C=C\C/C=C\CCCCC)OC(=O)CCCCCCC/C=C\CCCCCC)OC(=O)CCCCCCC/C=C\CCCCCCCC. The third kappa shape index (κ3) is 75.7. The molecule has 0 aliphatic heterocycles. The van der Waals surface area contributed by atoms with Crippen LogP contribution in [0.2, 0.25) is 0 Å². The molecular formula is C85H146O17P2. The first-order valence-corrected chi connectivity index (χ1v) is 43.8. The topological polar surface area (TPSA) is 237 Å². The molecular weight excluding hydrogens is 1350 g/mol. The van der Waals surface area contributed by atoms with Gasteiger partial charge >= 0.3 is 39.5 Å². The Kier molecular flexibility index (Phi) is 73.3. The van der Waals surface area contributed by atoms with Crippen LogP contribution in [-0.4, -0.2) is 96.7 Å². The van der Waals surface area contributed by atoms with E-state index >= 15 is 0 Å². The number of phosphoric ester groups is 2. The third-order valence-electron chi connectivity index (χ3n) is 16.9. The lowest BCUT2D eigenvalue weighted by Gasteiger charge is -2.21. The van der Waals surface area contributed by atoms with Gasteiger partial charge in [-0.05, 0) is 154 Å². The molecule has 0 aromatic carbocycles. The van der Waals surface area contributed by atoms with Crippen LogP contribution in [0.25, 0.3) is 0 Å². The third-order valence-corrected chi connectivity index (χ3v) is 18.8. The summed E-state index contributed by atoms with van der Waals surface area (Å²) >= 11 is 0. The summed E-state index contributed by atoms with van der Waals surface area (Å²) in [6.45, 7) is 4.64. The van der Waals surface area contributed by atoms with E-state index in [1.165, 1.54) is 83.5 Å². The summed E-state index contributed by atoms with van der Waals surface area (Å²) in [7, 11) is -9.98. The molecule has 17 nitrogen and oxygen atoms in total. The Bertz CT molecular complexity index is 2440. The average molecular weight is 1500 g/mol. The molecule has 3 N–H and O–H groups in total. The maximum absolute atomic E-state index is 13.1. The van der Waals surface area contributed by atoms with Crippen molar-refractivity contribution in [1.29, 1.82) is 0 Å². The monoisotopic (exact) mass is 1500 g/mol. The van der Waals surface area contributed by atoms with Gasteiger partial charge in [-0.2, -0.15) is 0 Å². The second-order valence-electron chi connectivity index (χ2n) is 27.0. The molecule has 0 rings (SSSR count). The van der Waals surface area contributed by atoms with E-state index in [1.807, 2.05) is 12.2 Å². The molecule has 0 aliphatic carbocycles. The molecule has 0 aromatic rings. The van der Waals surface area contributed by atoms with Crippen LogP contribution >= 0.6 is 15.6 Å². The van der Waals surface area contributed by atoms with Crippen LogP contribution in [0, 0.1) is 0 Å². The number of carbonyl (C=O) groups excluding carboxylic acids is 4. The zero-order chi connectivity index (χ0) is 76.0. The van der Waals surface area contributed by atoms with E-state index in [-0.39, 0.29) is 25.7 Å². The molecule has 0 saturated carbocycles. The number of esters is 4. The van der Waals surface area contributed by atoms with Crippen LogP contribution in [0.4, 0.5) is 0 Å². The van der Waals surface area contributed by atoms with Gasteiger partial charge in [0.1, 0.15) is 19.3 Å². The van der Waals surface area contributed by atoms with Gasteiger partial charge in [0.25, 0.3) is 0 Å². The Morgan fingerprint density at radius 2 is 0.510 bits per heavy atom. The first-order chi connectivity index (χ1) is 50.7. The quantitative estimate of drug-likeness (QED) is 0.0169. The van der Waals surface area contributed by atoms with E-state index < -0.39 is 97.5 Å². The van der Waals surface area contributed by atoms with Crippen molar-refractivity contribution in [2.45, 2.75) is 354 Å². The standard InChI is InChI=1S/C85H146O17P2/c1-5-9-13-17-21-25-29-33-36-38-39-41-44-47-50-54-58-62-66-70-83(88)95-75-80(101-84(89)71-67-63-59-55-51-45-32-28-24-20-16-12-8-4)77-99-103(91,92)97-73-79(86)74-98-104(93,94)100-78-81(102-85(90)72-68-64-60-56-52-48-42-35-31-27-23-19-15-11-7-3)76-96-82(87)69-65-61-57-53-49-46-43-40-37-34-30-26-22-18-14-10-6-2/h10,14,21-22,25-26,28,32-37,39,41-43,46,53,57,79-81,86H,5-9,11-13,15-20,23-24,27,29-31,38,40,44-45,47-52,54-56,58-78H2,1-4H3,(H,91,92)(H,93,94)/b14-10-,25-21-,26-22-,32-28-,36-33-,37-34-,41-39-,42-35-,46-43-,57-53-. The highest BCUT2D eigenvalue weighted by atomic mass is 31.2. The van der Waals surface area contributed by atoms with Gasteiger partial charge in [-0.3, -0.25) is 37.3 Å². The first kappa shape index (κ1) is 99.5. The number of phosphoric acid groups is 2. The molecule has 104 heavy (non-hydrogen) atoms. The average Bonchev–Trinajstić information content (AvgIpc) is 0.939. The van der Waals surface area contributed by atoms with Crippen molar-refractivity contribution in [3.05, 3.63) is 122 Å². The van der Waals surface area contributed by atoms with Gasteiger partial charge in [-0.25, -0.2) is 9.13 Å². The van der Waals surface area contributed by atoms with Gasteiger partial charge in [0.15, 0.2) is 12.2 Å². The normalized spacial score (nSPS) is 14.5. The second kappa shape index (κ2) is 76.6. The fourth-order valence-electron chi connectivity index (χ4n) is 10.7. The van der Waals surface area contributed by atoms with Crippen molar-refractivity contribution in [3.63, 3.8) is 0 Å². The number of rotatable bonds is 76. The molecule has 5 atom stereocenters. The number of hydrogen-bond donors (Lipinski definition) is 3. The van der Waals surface area contributed by atoms with Crippen molar-refractivity contribution in [2.75, 3.05) is 39.6 Å². The van der Waals surface area contributed by atoms with Crippen LogP contribution in [0.15, 0.2) is 122 Å². The Morgan fingerprint density at radius 3 is 0.846 bits per heavy atom. The van der Waals surface area contributed by atoms with E-state index in [0.29, 0.717) is 32.1 Å². The molecule has 0 bridgehead atoms. The fraction of sp³-hybridized carbons (Fsp3) is 0.718. The second-order valence-corrected chi connectivity index (χ2v) is 29.9. The number of aliphatic hydroxyl groups is 1. The highest BCUT2D eigenvalue weighted by molar-refractivity contribution is 7.47. The number of hydrogen-bond acceptors (Lipinski definition) is 15. The highest BCUT2D eigenvalue weighted by Gasteiger charge is 2.30. The molecule has 0 aromatic heterocycles. The van der Waals surface area contributed by atoms with Crippen LogP contribution in [0.1, 0.15) is 336 Å². The van der Waals surface area contributed by atoms with E-state index in [9.17, 15) is 43.2 Å². The summed E-state index contributed by atoms with van der Waals surface area (Å²) in [6, 6.07) is 0. The van der Waals surface area contributed by atoms with Gasteiger partial charge in [0, 0.05) is 25.7 Å². The van der Waals surface area contributed by atoms with Crippen molar-refractivity contribution in [2.24, 2.45) is 0 Å². The molecule has 0 spiro atoms. The molecule has 5 unspecified atom stereocenters. The Labute approximate surface area is 632 Å². The number of aliphatic hydroxyl groups excluding tert-OH is 1. The van der Waals surface area contributed by atoms with Gasteiger partial charge in [-0.1, -0.05) is 278 Å². The van der Waals surface area contributed by atoms with Crippen molar-refractivity contribution < 1.29 is 80.2 Å². The lowest BCUT2D eigenvalue weighted by atomic mass is 10.1. The van der Waals surface area contributed by atoms with Gasteiger partial charge in [0.05, 0.1) is 26.4 Å². The largest absolute Gasteiger partial charge is 0.472 e. The smallest absolute Gasteiger partial charge is 0.462 e. The Hall–Kier alpha value is -4.54. The van der Waals surface area contributed by atoms with E-state index in [0.717, 1.165) is 167 Å². The van der Waals surface area contributed by atoms with Gasteiger partial charge in [-0.15, -0.1) is 0 Å². The Balaban J connectivity index is 5.40. The van der Waals surface area contributed by atoms with E-state index in [1.54, 1.807) is 0 Å². The summed E-state index contributed by atoms with van der Waals surface area (Å²) in [5.41, 5.74) is 0. The summed E-state index contributed by atoms with van der Waals surface area (Å²) in [5.74, 6) is -2.27. The number of unbranched alkanes of at least 4 members (excludes halogenated alkanes) is 30. The minimum Gasteiger partial charge on any atom is -0.462 e. The number of carbonyl (C=O) groups is 4. The molecule has 0 fully saturated rings. The molecule has 0 aliphatic rings. The summed E-state index contributed by atoms with van der Waals surface area (Å²) in [4.78, 5) is 73.0. The molecule has 0 heterocycles. The van der Waals surface area contributed by atoms with Crippen molar-refractivity contribution >= 4 is 39.5 Å². The number of ether oxygens (including phenoxy) is 4. The molecule has 0 saturated heterocycles. The highest BCUT2D eigenvalue weighted by Crippen LogP contribution is 2.45. The van der Waals surface area contributed by atoms with Crippen LogP contribution < -0.4 is 0 Å². The molecule has 0 amide bonds. The van der Waals surface area contributed by atoms with Crippen molar-refractivity contribution in [1.82, 2.24) is 0 Å². The Morgan fingerprint density at radius 1 is 0.279 bits per heavy atom. The summed E-state index contributed by atoms with van der Waals surface area (Å²) < 4.78 is 68.6. The number of allylic oxidation sites excluding steroid dienone is 20. The predicted molar refractivity (Wildman–Crippen MR) is 427 cm³/mol.